The highest BCUT2D eigenvalue weighted by atomic mass is 35.6. The molecule has 0 aliphatic rings. The maximum Gasteiger partial charge on any atom is 0.272 e. The van der Waals surface area contributed by atoms with Crippen LogP contribution >= 0.6 is 34.8 Å². The van der Waals surface area contributed by atoms with Crippen LogP contribution in [-0.2, 0) is 11.2 Å². The number of nitrogens with one attached hydrogen (secondary N) is 1. The zero-order valence-electron chi connectivity index (χ0n) is 9.00. The van der Waals surface area contributed by atoms with E-state index in [1.807, 2.05) is 30.3 Å². The normalized spacial score (nSPS) is 12.9. The summed E-state index contributed by atoms with van der Waals surface area (Å²) in [6.45, 7) is 3.65. The minimum Gasteiger partial charge on any atom is -0.346 e. The molecule has 0 spiro atoms. The predicted octanol–water partition coefficient (Wildman–Crippen LogP) is 3.27. The summed E-state index contributed by atoms with van der Waals surface area (Å²) in [6.07, 6.45) is 2.22. The Kier molecular flexibility index (Phi) is 5.31. The molecule has 17 heavy (non-hydrogen) atoms. The van der Waals surface area contributed by atoms with Crippen molar-refractivity contribution in [1.82, 2.24) is 5.32 Å². The van der Waals surface area contributed by atoms with Gasteiger partial charge in [-0.2, -0.15) is 0 Å². The Hall–Kier alpha value is -0.700. The standard InChI is InChI=1S/C12H12Cl3NO/c1-2-10(16-11(17)12(13,14)15)8-9-6-4-3-5-7-9/h2-7,10H,1,8H2,(H,16,17). The van der Waals surface area contributed by atoms with Crippen molar-refractivity contribution in [2.24, 2.45) is 0 Å². The zero-order valence-corrected chi connectivity index (χ0v) is 11.3. The van der Waals surface area contributed by atoms with Crippen molar-refractivity contribution in [1.29, 1.82) is 0 Å². The van der Waals surface area contributed by atoms with Gasteiger partial charge in [0.15, 0.2) is 0 Å². The van der Waals surface area contributed by atoms with Crippen LogP contribution in [0.1, 0.15) is 5.56 Å². The van der Waals surface area contributed by atoms with E-state index in [2.05, 4.69) is 11.9 Å². The van der Waals surface area contributed by atoms with Crippen LogP contribution in [0.3, 0.4) is 0 Å². The van der Waals surface area contributed by atoms with Crippen molar-refractivity contribution in [2.45, 2.75) is 16.3 Å². The Morgan fingerprint density at radius 1 is 1.35 bits per heavy atom. The van der Waals surface area contributed by atoms with Crippen molar-refractivity contribution in [3.63, 3.8) is 0 Å². The van der Waals surface area contributed by atoms with Crippen molar-refractivity contribution in [3.8, 4) is 0 Å². The van der Waals surface area contributed by atoms with Gasteiger partial charge in [0.2, 0.25) is 0 Å². The quantitative estimate of drug-likeness (QED) is 0.670. The number of rotatable bonds is 4. The van der Waals surface area contributed by atoms with Crippen LogP contribution in [0.2, 0.25) is 0 Å². The smallest absolute Gasteiger partial charge is 0.272 e. The van der Waals surface area contributed by atoms with E-state index in [1.165, 1.54) is 0 Å². The van der Waals surface area contributed by atoms with Crippen LogP contribution in [0.15, 0.2) is 43.0 Å². The molecule has 0 aliphatic heterocycles. The monoisotopic (exact) mass is 291 g/mol. The maximum atomic E-state index is 11.5. The van der Waals surface area contributed by atoms with Gasteiger partial charge in [0, 0.05) is 0 Å². The van der Waals surface area contributed by atoms with Gasteiger partial charge in [-0.25, -0.2) is 0 Å². The molecule has 0 fully saturated rings. The number of hydrogen-bond acceptors (Lipinski definition) is 1. The van der Waals surface area contributed by atoms with Crippen molar-refractivity contribution >= 4 is 40.7 Å². The number of carbonyl (C=O) groups is 1. The topological polar surface area (TPSA) is 29.1 Å². The summed E-state index contributed by atoms with van der Waals surface area (Å²) in [5, 5.41) is 2.60. The maximum absolute atomic E-state index is 11.5. The van der Waals surface area contributed by atoms with Gasteiger partial charge in [-0.15, -0.1) is 6.58 Å². The molecule has 1 aromatic rings. The van der Waals surface area contributed by atoms with E-state index in [0.29, 0.717) is 6.42 Å². The molecule has 0 bridgehead atoms. The summed E-state index contributed by atoms with van der Waals surface area (Å²) >= 11 is 16.4. The minimum absolute atomic E-state index is 0.263. The fourth-order valence-corrected chi connectivity index (χ4v) is 1.48. The molecule has 1 aromatic carbocycles. The summed E-state index contributed by atoms with van der Waals surface area (Å²) < 4.78 is -1.95. The summed E-state index contributed by atoms with van der Waals surface area (Å²) in [4.78, 5) is 11.5. The van der Waals surface area contributed by atoms with Gasteiger partial charge >= 0.3 is 0 Å². The summed E-state index contributed by atoms with van der Waals surface area (Å²) in [7, 11) is 0. The van der Waals surface area contributed by atoms with Crippen molar-refractivity contribution in [3.05, 3.63) is 48.6 Å². The van der Waals surface area contributed by atoms with Gasteiger partial charge in [-0.3, -0.25) is 4.79 Å². The molecule has 1 N–H and O–H groups in total. The highest BCUT2D eigenvalue weighted by molar-refractivity contribution is 6.76. The second-order valence-corrected chi connectivity index (χ2v) is 5.78. The van der Waals surface area contributed by atoms with Crippen molar-refractivity contribution < 1.29 is 4.79 Å². The lowest BCUT2D eigenvalue weighted by atomic mass is 10.1. The van der Waals surface area contributed by atoms with E-state index in [4.69, 9.17) is 34.8 Å². The van der Waals surface area contributed by atoms with Crippen LogP contribution in [0.4, 0.5) is 0 Å². The molecular weight excluding hydrogens is 280 g/mol. The number of hydrogen-bond donors (Lipinski definition) is 1. The molecule has 0 heterocycles. The van der Waals surface area contributed by atoms with Crippen LogP contribution in [-0.4, -0.2) is 15.7 Å². The molecule has 0 aromatic heterocycles. The third-order valence-electron chi connectivity index (χ3n) is 2.16. The Bertz CT molecular complexity index is 386. The molecule has 5 heteroatoms. The minimum atomic E-state index is -1.95. The highest BCUT2D eigenvalue weighted by Gasteiger charge is 2.31. The first kappa shape index (κ1) is 14.4. The molecule has 1 atom stereocenters. The first-order valence-electron chi connectivity index (χ1n) is 4.97. The first-order valence-corrected chi connectivity index (χ1v) is 6.11. The molecule has 1 rings (SSSR count). The molecular formula is C12H12Cl3NO. The van der Waals surface area contributed by atoms with Crippen LogP contribution in [0.25, 0.3) is 0 Å². The van der Waals surface area contributed by atoms with Crippen LogP contribution in [0, 0.1) is 0 Å². The molecule has 2 nitrogen and oxygen atoms in total. The van der Waals surface area contributed by atoms with E-state index < -0.39 is 9.70 Å². The molecule has 1 unspecified atom stereocenters. The molecule has 0 saturated heterocycles. The lowest BCUT2D eigenvalue weighted by Crippen LogP contribution is -2.41. The van der Waals surface area contributed by atoms with Gasteiger partial charge in [-0.05, 0) is 12.0 Å². The Labute approximate surface area is 116 Å². The number of alkyl halides is 3. The summed E-state index contributed by atoms with van der Waals surface area (Å²) in [6, 6.07) is 9.42. The average Bonchev–Trinajstić information content (AvgIpc) is 2.28. The Morgan fingerprint density at radius 2 is 1.94 bits per heavy atom. The van der Waals surface area contributed by atoms with Gasteiger partial charge in [-0.1, -0.05) is 71.2 Å². The average molecular weight is 293 g/mol. The molecule has 0 aliphatic carbocycles. The molecule has 0 radical (unpaired) electrons. The second kappa shape index (κ2) is 6.29. The van der Waals surface area contributed by atoms with Crippen molar-refractivity contribution in [2.75, 3.05) is 0 Å². The van der Waals surface area contributed by atoms with E-state index in [0.717, 1.165) is 5.56 Å². The highest BCUT2D eigenvalue weighted by Crippen LogP contribution is 2.26. The SMILES string of the molecule is C=CC(Cc1ccccc1)NC(=O)C(Cl)(Cl)Cl. The van der Waals surface area contributed by atoms with Gasteiger partial charge in [0.1, 0.15) is 0 Å². The second-order valence-electron chi connectivity index (χ2n) is 3.50. The molecule has 1 amide bonds. The fourth-order valence-electron chi connectivity index (χ4n) is 1.31. The van der Waals surface area contributed by atoms with Gasteiger partial charge in [0.05, 0.1) is 6.04 Å². The first-order chi connectivity index (χ1) is 7.93. The molecule has 0 saturated carbocycles. The van der Waals surface area contributed by atoms with E-state index in [-0.39, 0.29) is 6.04 Å². The third-order valence-corrected chi connectivity index (χ3v) is 2.67. The van der Waals surface area contributed by atoms with Crippen LogP contribution < -0.4 is 5.32 Å². The van der Waals surface area contributed by atoms with Gasteiger partial charge < -0.3 is 5.32 Å². The van der Waals surface area contributed by atoms with E-state index in [1.54, 1.807) is 6.08 Å². The van der Waals surface area contributed by atoms with Gasteiger partial charge in [0.25, 0.3) is 9.70 Å². The number of halogens is 3. The van der Waals surface area contributed by atoms with Crippen LogP contribution in [0.5, 0.6) is 0 Å². The lowest BCUT2D eigenvalue weighted by molar-refractivity contribution is -0.120. The number of benzene rings is 1. The molecule has 92 valence electrons. The lowest BCUT2D eigenvalue weighted by Gasteiger charge is -2.18. The zero-order chi connectivity index (χ0) is 12.9. The Balaban J connectivity index is 2.62. The fraction of sp³-hybridized carbons (Fsp3) is 0.250. The third kappa shape index (κ3) is 4.99. The van der Waals surface area contributed by atoms with E-state index >= 15 is 0 Å². The number of amides is 1. The predicted molar refractivity (Wildman–Crippen MR) is 72.6 cm³/mol. The summed E-state index contributed by atoms with van der Waals surface area (Å²) in [5.41, 5.74) is 1.07. The van der Waals surface area contributed by atoms with E-state index in [9.17, 15) is 4.79 Å². The summed E-state index contributed by atoms with van der Waals surface area (Å²) in [5.74, 6) is -0.650. The number of carbonyl (C=O) groups excluding carboxylic acids is 1. The Morgan fingerprint density at radius 3 is 2.41 bits per heavy atom. The largest absolute Gasteiger partial charge is 0.346 e.